The number of nitriles is 1. The minimum absolute atomic E-state index is 0.00624. The summed E-state index contributed by atoms with van der Waals surface area (Å²) in [6.45, 7) is 0.148. The first kappa shape index (κ1) is 15.7. The summed E-state index contributed by atoms with van der Waals surface area (Å²) in [6, 6.07) is 8.70. The standard InChI is InChI=1S/C14H12BrN5O2/c15-11-3-1-9(2-4-11)14(22)18-6-5-12(21)20-13(17)10(7-16)8-19-20/h1-4,8H,5-6,17H2,(H,18,22). The molecule has 7 nitrogen and oxygen atoms in total. The Labute approximate surface area is 134 Å². The summed E-state index contributed by atoms with van der Waals surface area (Å²) in [7, 11) is 0. The molecule has 1 aromatic heterocycles. The first-order valence-corrected chi connectivity index (χ1v) is 7.13. The molecule has 2 rings (SSSR count). The third-order valence-corrected chi connectivity index (χ3v) is 3.42. The second-order valence-electron chi connectivity index (χ2n) is 4.37. The van der Waals surface area contributed by atoms with Gasteiger partial charge in [0.25, 0.3) is 11.8 Å². The van der Waals surface area contributed by atoms with Gasteiger partial charge >= 0.3 is 0 Å². The first-order chi connectivity index (χ1) is 10.5. The van der Waals surface area contributed by atoms with Crippen LogP contribution >= 0.6 is 15.9 Å². The van der Waals surface area contributed by atoms with Gasteiger partial charge in [0.15, 0.2) is 0 Å². The summed E-state index contributed by atoms with van der Waals surface area (Å²) >= 11 is 3.29. The highest BCUT2D eigenvalue weighted by Gasteiger charge is 2.14. The highest BCUT2D eigenvalue weighted by atomic mass is 79.9. The number of benzene rings is 1. The average molecular weight is 362 g/mol. The third kappa shape index (κ3) is 3.51. The van der Waals surface area contributed by atoms with Crippen LogP contribution in [0.25, 0.3) is 0 Å². The zero-order valence-electron chi connectivity index (χ0n) is 11.4. The Bertz CT molecular complexity index is 746. The second-order valence-corrected chi connectivity index (χ2v) is 5.29. The molecule has 0 fully saturated rings. The molecule has 0 saturated heterocycles. The molecule has 1 heterocycles. The van der Waals surface area contributed by atoms with Crippen molar-refractivity contribution in [3.63, 3.8) is 0 Å². The maximum atomic E-state index is 11.9. The van der Waals surface area contributed by atoms with Gasteiger partial charge in [0.05, 0.1) is 6.20 Å². The molecule has 0 atom stereocenters. The lowest BCUT2D eigenvalue weighted by Crippen LogP contribution is -2.28. The molecule has 0 aliphatic heterocycles. The number of hydrogen-bond donors (Lipinski definition) is 2. The van der Waals surface area contributed by atoms with Crippen molar-refractivity contribution >= 4 is 33.6 Å². The fourth-order valence-corrected chi connectivity index (χ4v) is 2.00. The lowest BCUT2D eigenvalue weighted by molar-refractivity contribution is 0.0882. The van der Waals surface area contributed by atoms with Gasteiger partial charge in [-0.25, -0.2) is 0 Å². The Morgan fingerprint density at radius 2 is 2.05 bits per heavy atom. The van der Waals surface area contributed by atoms with E-state index >= 15 is 0 Å². The van der Waals surface area contributed by atoms with Crippen molar-refractivity contribution in [1.82, 2.24) is 15.1 Å². The topological polar surface area (TPSA) is 114 Å². The number of nitrogens with two attached hydrogens (primary N) is 1. The number of carbonyl (C=O) groups is 2. The van der Waals surface area contributed by atoms with E-state index in [2.05, 4.69) is 26.3 Å². The fraction of sp³-hybridized carbons (Fsp3) is 0.143. The first-order valence-electron chi connectivity index (χ1n) is 6.33. The number of amides is 1. The number of nitrogens with zero attached hydrogens (tertiary/aromatic N) is 3. The Morgan fingerprint density at radius 3 is 2.64 bits per heavy atom. The predicted molar refractivity (Wildman–Crippen MR) is 83.1 cm³/mol. The number of nitrogens with one attached hydrogen (secondary N) is 1. The Morgan fingerprint density at radius 1 is 1.36 bits per heavy atom. The van der Waals surface area contributed by atoms with Crippen LogP contribution in [0.5, 0.6) is 0 Å². The van der Waals surface area contributed by atoms with Crippen LogP contribution in [0.15, 0.2) is 34.9 Å². The van der Waals surface area contributed by atoms with Crippen molar-refractivity contribution in [2.75, 3.05) is 12.3 Å². The maximum absolute atomic E-state index is 11.9. The summed E-state index contributed by atoms with van der Waals surface area (Å²) in [4.78, 5) is 23.8. The summed E-state index contributed by atoms with van der Waals surface area (Å²) in [5, 5.41) is 15.1. The molecule has 1 aromatic carbocycles. The highest BCUT2D eigenvalue weighted by Crippen LogP contribution is 2.11. The summed E-state index contributed by atoms with van der Waals surface area (Å²) in [5.41, 5.74) is 6.26. The van der Waals surface area contributed by atoms with Crippen molar-refractivity contribution in [1.29, 1.82) is 5.26 Å². The quantitative estimate of drug-likeness (QED) is 0.857. The van der Waals surface area contributed by atoms with E-state index in [1.807, 2.05) is 6.07 Å². The number of nitrogen functional groups attached to an aromatic ring is 1. The van der Waals surface area contributed by atoms with E-state index in [0.29, 0.717) is 5.56 Å². The molecule has 3 N–H and O–H groups in total. The van der Waals surface area contributed by atoms with Crippen molar-refractivity contribution < 1.29 is 9.59 Å². The normalized spacial score (nSPS) is 10.0. The van der Waals surface area contributed by atoms with Gasteiger partial charge in [0.1, 0.15) is 17.5 Å². The number of anilines is 1. The maximum Gasteiger partial charge on any atom is 0.251 e. The molecule has 8 heteroatoms. The zero-order valence-corrected chi connectivity index (χ0v) is 13.0. The molecule has 112 valence electrons. The predicted octanol–water partition coefficient (Wildman–Crippen LogP) is 1.56. The molecular weight excluding hydrogens is 350 g/mol. The van der Waals surface area contributed by atoms with E-state index in [9.17, 15) is 9.59 Å². The van der Waals surface area contributed by atoms with Crippen LogP contribution in [0.1, 0.15) is 27.1 Å². The summed E-state index contributed by atoms with van der Waals surface area (Å²) in [5.74, 6) is -0.659. The minimum Gasteiger partial charge on any atom is -0.382 e. The van der Waals surface area contributed by atoms with E-state index < -0.39 is 5.91 Å². The van der Waals surface area contributed by atoms with Gasteiger partial charge in [0, 0.05) is 23.0 Å². The summed E-state index contributed by atoms with van der Waals surface area (Å²) in [6.07, 6.45) is 1.26. The number of carbonyl (C=O) groups excluding carboxylic acids is 2. The smallest absolute Gasteiger partial charge is 0.251 e. The van der Waals surface area contributed by atoms with E-state index in [-0.39, 0.29) is 30.3 Å². The van der Waals surface area contributed by atoms with E-state index in [1.54, 1.807) is 24.3 Å². The molecule has 0 aliphatic rings. The Kier molecular flexibility index (Phi) is 4.91. The Balaban J connectivity index is 1.89. The SMILES string of the molecule is N#Cc1cnn(C(=O)CCNC(=O)c2ccc(Br)cc2)c1N. The fourth-order valence-electron chi connectivity index (χ4n) is 1.73. The van der Waals surface area contributed by atoms with Crippen LogP contribution in [0, 0.1) is 11.3 Å². The van der Waals surface area contributed by atoms with Crippen molar-refractivity contribution in [3.05, 3.63) is 46.1 Å². The van der Waals surface area contributed by atoms with Crippen LogP contribution in [0.4, 0.5) is 5.82 Å². The minimum atomic E-state index is -0.393. The second kappa shape index (κ2) is 6.87. The van der Waals surface area contributed by atoms with Crippen molar-refractivity contribution in [3.8, 4) is 6.07 Å². The molecular formula is C14H12BrN5O2. The molecule has 0 saturated carbocycles. The van der Waals surface area contributed by atoms with Crippen LogP contribution in [0.2, 0.25) is 0 Å². The van der Waals surface area contributed by atoms with Gasteiger partial charge in [-0.2, -0.15) is 15.0 Å². The van der Waals surface area contributed by atoms with E-state index in [4.69, 9.17) is 11.0 Å². The van der Waals surface area contributed by atoms with Gasteiger partial charge in [-0.1, -0.05) is 15.9 Å². The zero-order chi connectivity index (χ0) is 16.1. The largest absolute Gasteiger partial charge is 0.382 e. The van der Waals surface area contributed by atoms with Gasteiger partial charge in [-0.3, -0.25) is 9.59 Å². The average Bonchev–Trinajstić information content (AvgIpc) is 2.88. The van der Waals surface area contributed by atoms with Gasteiger partial charge in [-0.15, -0.1) is 0 Å². The van der Waals surface area contributed by atoms with E-state index in [1.165, 1.54) is 6.20 Å². The van der Waals surface area contributed by atoms with Gasteiger partial charge in [-0.05, 0) is 24.3 Å². The number of rotatable bonds is 4. The molecule has 0 aliphatic carbocycles. The van der Waals surface area contributed by atoms with Gasteiger partial charge in [0.2, 0.25) is 0 Å². The lowest BCUT2D eigenvalue weighted by atomic mass is 10.2. The lowest BCUT2D eigenvalue weighted by Gasteiger charge is -2.06. The summed E-state index contributed by atoms with van der Waals surface area (Å²) < 4.78 is 1.84. The van der Waals surface area contributed by atoms with Crippen LogP contribution in [-0.4, -0.2) is 28.1 Å². The van der Waals surface area contributed by atoms with E-state index in [0.717, 1.165) is 9.15 Å². The molecule has 1 amide bonds. The molecule has 0 unspecified atom stereocenters. The molecule has 22 heavy (non-hydrogen) atoms. The van der Waals surface area contributed by atoms with Crippen molar-refractivity contribution in [2.45, 2.75) is 6.42 Å². The van der Waals surface area contributed by atoms with Crippen LogP contribution < -0.4 is 11.1 Å². The van der Waals surface area contributed by atoms with Gasteiger partial charge < -0.3 is 11.1 Å². The molecule has 0 bridgehead atoms. The molecule has 2 aromatic rings. The highest BCUT2D eigenvalue weighted by molar-refractivity contribution is 9.10. The van der Waals surface area contributed by atoms with Crippen LogP contribution in [-0.2, 0) is 0 Å². The molecule has 0 spiro atoms. The number of aromatic nitrogens is 2. The van der Waals surface area contributed by atoms with Crippen molar-refractivity contribution in [2.24, 2.45) is 0 Å². The Hall–Kier alpha value is -2.66. The number of hydrogen-bond acceptors (Lipinski definition) is 5. The van der Waals surface area contributed by atoms with Crippen LogP contribution in [0.3, 0.4) is 0 Å². The number of halogens is 1. The molecule has 0 radical (unpaired) electrons. The third-order valence-electron chi connectivity index (χ3n) is 2.89. The monoisotopic (exact) mass is 361 g/mol.